The van der Waals surface area contributed by atoms with E-state index >= 15 is 0 Å². The van der Waals surface area contributed by atoms with Gasteiger partial charge < -0.3 is 10.6 Å². The highest BCUT2D eigenvalue weighted by Crippen LogP contribution is 2.22. The Hall–Kier alpha value is -1.94. The Labute approximate surface area is 119 Å². The maximum absolute atomic E-state index is 14.1. The van der Waals surface area contributed by atoms with Crippen molar-refractivity contribution in [3.63, 3.8) is 0 Å². The van der Waals surface area contributed by atoms with Gasteiger partial charge in [-0.15, -0.1) is 0 Å². The SMILES string of the molecule is CCN(Cc1cccc(C)n1)c1ccc(CN)cc1F. The third kappa shape index (κ3) is 3.33. The van der Waals surface area contributed by atoms with Gasteiger partial charge >= 0.3 is 0 Å². The smallest absolute Gasteiger partial charge is 0.146 e. The summed E-state index contributed by atoms with van der Waals surface area (Å²) in [4.78, 5) is 6.44. The van der Waals surface area contributed by atoms with Crippen LogP contribution in [0.5, 0.6) is 0 Å². The van der Waals surface area contributed by atoms with E-state index in [-0.39, 0.29) is 5.82 Å². The van der Waals surface area contributed by atoms with Crippen molar-refractivity contribution in [3.8, 4) is 0 Å². The molecule has 0 saturated heterocycles. The molecule has 20 heavy (non-hydrogen) atoms. The number of nitrogens with two attached hydrogens (primary N) is 1. The van der Waals surface area contributed by atoms with Gasteiger partial charge in [0.2, 0.25) is 0 Å². The van der Waals surface area contributed by atoms with Crippen LogP contribution in [0.3, 0.4) is 0 Å². The minimum atomic E-state index is -0.234. The summed E-state index contributed by atoms with van der Waals surface area (Å²) in [6.45, 7) is 5.62. The average Bonchev–Trinajstić information content (AvgIpc) is 2.45. The van der Waals surface area contributed by atoms with Gasteiger partial charge in [-0.05, 0) is 43.7 Å². The predicted octanol–water partition coefficient (Wildman–Crippen LogP) is 3.01. The molecule has 3 nitrogen and oxygen atoms in total. The summed E-state index contributed by atoms with van der Waals surface area (Å²) in [7, 11) is 0. The molecule has 0 aliphatic heterocycles. The molecule has 0 radical (unpaired) electrons. The van der Waals surface area contributed by atoms with Crippen LogP contribution in [0.2, 0.25) is 0 Å². The molecule has 2 aromatic rings. The van der Waals surface area contributed by atoms with Gasteiger partial charge in [-0.25, -0.2) is 4.39 Å². The van der Waals surface area contributed by atoms with Crippen molar-refractivity contribution in [2.75, 3.05) is 11.4 Å². The number of rotatable bonds is 5. The third-order valence-corrected chi connectivity index (χ3v) is 3.27. The van der Waals surface area contributed by atoms with E-state index in [1.54, 1.807) is 6.07 Å². The molecule has 1 aromatic carbocycles. The summed E-state index contributed by atoms with van der Waals surface area (Å²) in [5, 5.41) is 0. The number of hydrogen-bond donors (Lipinski definition) is 1. The van der Waals surface area contributed by atoms with Crippen LogP contribution in [0.15, 0.2) is 36.4 Å². The Bertz CT molecular complexity index is 584. The zero-order valence-electron chi connectivity index (χ0n) is 11.9. The van der Waals surface area contributed by atoms with E-state index in [1.807, 2.05) is 43.0 Å². The van der Waals surface area contributed by atoms with E-state index in [0.29, 0.717) is 25.3 Å². The molecule has 0 amide bonds. The first kappa shape index (κ1) is 14.5. The Morgan fingerprint density at radius 3 is 2.65 bits per heavy atom. The highest BCUT2D eigenvalue weighted by atomic mass is 19.1. The van der Waals surface area contributed by atoms with Gasteiger partial charge in [-0.1, -0.05) is 12.1 Å². The maximum atomic E-state index is 14.1. The quantitative estimate of drug-likeness (QED) is 0.910. The first-order valence-electron chi connectivity index (χ1n) is 6.80. The minimum Gasteiger partial charge on any atom is -0.364 e. The molecular weight excluding hydrogens is 253 g/mol. The van der Waals surface area contributed by atoms with Crippen molar-refractivity contribution in [2.45, 2.75) is 26.9 Å². The number of anilines is 1. The molecule has 0 unspecified atom stereocenters. The van der Waals surface area contributed by atoms with Crippen LogP contribution >= 0.6 is 0 Å². The molecule has 2 rings (SSSR count). The zero-order valence-corrected chi connectivity index (χ0v) is 11.9. The largest absolute Gasteiger partial charge is 0.364 e. The lowest BCUT2D eigenvalue weighted by molar-refractivity contribution is 0.614. The van der Waals surface area contributed by atoms with Crippen LogP contribution in [0.1, 0.15) is 23.9 Å². The molecular formula is C16H20FN3. The maximum Gasteiger partial charge on any atom is 0.146 e. The Morgan fingerprint density at radius 1 is 1.25 bits per heavy atom. The second-order valence-electron chi connectivity index (χ2n) is 4.77. The molecule has 106 valence electrons. The summed E-state index contributed by atoms with van der Waals surface area (Å²) in [5.41, 5.74) is 8.83. The number of pyridine rings is 1. The van der Waals surface area contributed by atoms with E-state index in [4.69, 9.17) is 5.73 Å². The summed E-state index contributed by atoms with van der Waals surface area (Å²) in [5.74, 6) is -0.234. The molecule has 0 aliphatic carbocycles. The van der Waals surface area contributed by atoms with Gasteiger partial charge in [-0.2, -0.15) is 0 Å². The topological polar surface area (TPSA) is 42.2 Å². The highest BCUT2D eigenvalue weighted by Gasteiger charge is 2.11. The van der Waals surface area contributed by atoms with Crippen LogP contribution in [0.25, 0.3) is 0 Å². The molecule has 2 N–H and O–H groups in total. The zero-order chi connectivity index (χ0) is 14.5. The van der Waals surface area contributed by atoms with Crippen molar-refractivity contribution in [1.29, 1.82) is 0 Å². The number of nitrogens with zero attached hydrogens (tertiary/aromatic N) is 2. The first-order chi connectivity index (χ1) is 9.63. The first-order valence-corrected chi connectivity index (χ1v) is 6.80. The molecule has 4 heteroatoms. The van der Waals surface area contributed by atoms with Crippen LogP contribution in [-0.2, 0) is 13.1 Å². The van der Waals surface area contributed by atoms with Gasteiger partial charge in [0.25, 0.3) is 0 Å². The fraction of sp³-hybridized carbons (Fsp3) is 0.312. The summed E-state index contributed by atoms with van der Waals surface area (Å²) in [6, 6.07) is 11.0. The number of hydrogen-bond acceptors (Lipinski definition) is 3. The normalized spacial score (nSPS) is 10.6. The molecule has 0 fully saturated rings. The summed E-state index contributed by atoms with van der Waals surface area (Å²) >= 11 is 0. The number of aryl methyl sites for hydroxylation is 1. The Balaban J connectivity index is 2.24. The van der Waals surface area contributed by atoms with E-state index in [1.165, 1.54) is 6.07 Å². The predicted molar refractivity (Wildman–Crippen MR) is 80.0 cm³/mol. The monoisotopic (exact) mass is 273 g/mol. The van der Waals surface area contributed by atoms with Crippen molar-refractivity contribution in [1.82, 2.24) is 4.98 Å². The lowest BCUT2D eigenvalue weighted by Crippen LogP contribution is -2.24. The van der Waals surface area contributed by atoms with Crippen molar-refractivity contribution < 1.29 is 4.39 Å². The summed E-state index contributed by atoms with van der Waals surface area (Å²) < 4.78 is 14.1. The highest BCUT2D eigenvalue weighted by molar-refractivity contribution is 5.49. The average molecular weight is 273 g/mol. The van der Waals surface area contributed by atoms with Gasteiger partial charge in [0.05, 0.1) is 17.9 Å². The van der Waals surface area contributed by atoms with Crippen LogP contribution < -0.4 is 10.6 Å². The fourth-order valence-corrected chi connectivity index (χ4v) is 2.18. The molecule has 0 bridgehead atoms. The molecule has 0 atom stereocenters. The van der Waals surface area contributed by atoms with Gasteiger partial charge in [0.15, 0.2) is 0 Å². The van der Waals surface area contributed by atoms with Gasteiger partial charge in [-0.3, -0.25) is 4.98 Å². The lowest BCUT2D eigenvalue weighted by Gasteiger charge is -2.23. The number of halogens is 1. The molecule has 1 heterocycles. The second kappa shape index (κ2) is 6.48. The Morgan fingerprint density at radius 2 is 2.05 bits per heavy atom. The number of benzene rings is 1. The van der Waals surface area contributed by atoms with E-state index in [2.05, 4.69) is 4.98 Å². The van der Waals surface area contributed by atoms with Crippen LogP contribution in [0.4, 0.5) is 10.1 Å². The molecule has 0 spiro atoms. The van der Waals surface area contributed by atoms with E-state index < -0.39 is 0 Å². The second-order valence-corrected chi connectivity index (χ2v) is 4.77. The van der Waals surface area contributed by atoms with E-state index in [9.17, 15) is 4.39 Å². The van der Waals surface area contributed by atoms with Gasteiger partial charge in [0, 0.05) is 18.8 Å². The summed E-state index contributed by atoms with van der Waals surface area (Å²) in [6.07, 6.45) is 0. The molecule has 1 aromatic heterocycles. The Kier molecular flexibility index (Phi) is 4.69. The standard InChI is InChI=1S/C16H20FN3/c1-3-20(11-14-6-4-5-12(2)19-14)16-8-7-13(10-18)9-15(16)17/h4-9H,3,10-11,18H2,1-2H3. The minimum absolute atomic E-state index is 0.234. The van der Waals surface area contributed by atoms with Crippen LogP contribution in [0, 0.1) is 12.7 Å². The van der Waals surface area contributed by atoms with Crippen molar-refractivity contribution >= 4 is 5.69 Å². The van der Waals surface area contributed by atoms with Crippen LogP contribution in [-0.4, -0.2) is 11.5 Å². The number of aromatic nitrogens is 1. The fourth-order valence-electron chi connectivity index (χ4n) is 2.18. The van der Waals surface area contributed by atoms with E-state index in [0.717, 1.165) is 17.0 Å². The molecule has 0 saturated carbocycles. The van der Waals surface area contributed by atoms with Gasteiger partial charge in [0.1, 0.15) is 5.82 Å². The van der Waals surface area contributed by atoms with Crippen molar-refractivity contribution in [2.24, 2.45) is 5.73 Å². The lowest BCUT2D eigenvalue weighted by atomic mass is 10.1. The van der Waals surface area contributed by atoms with Crippen molar-refractivity contribution in [3.05, 3.63) is 59.2 Å². The molecule has 0 aliphatic rings. The third-order valence-electron chi connectivity index (χ3n) is 3.27.